The predicted octanol–water partition coefficient (Wildman–Crippen LogP) is 4.05. The summed E-state index contributed by atoms with van der Waals surface area (Å²) in [5, 5.41) is 7.71. The third-order valence-corrected chi connectivity index (χ3v) is 6.98. The molecule has 0 aliphatic carbocycles. The first-order valence-electron chi connectivity index (χ1n) is 10.5. The first-order chi connectivity index (χ1) is 13.7. The van der Waals surface area contributed by atoms with E-state index < -0.39 is 0 Å². The Hall–Kier alpha value is -1.69. The quantitative estimate of drug-likeness (QED) is 0.799. The van der Waals surface area contributed by atoms with Gasteiger partial charge in [-0.15, -0.1) is 0 Å². The first-order valence-corrected chi connectivity index (χ1v) is 11.5. The number of hydrogen-bond donors (Lipinski definition) is 1. The summed E-state index contributed by atoms with van der Waals surface area (Å²) < 4.78 is 0. The van der Waals surface area contributed by atoms with Crippen LogP contribution in [0.3, 0.4) is 0 Å². The van der Waals surface area contributed by atoms with Crippen molar-refractivity contribution in [3.63, 3.8) is 0 Å². The van der Waals surface area contributed by atoms with E-state index in [-0.39, 0.29) is 11.9 Å². The van der Waals surface area contributed by atoms with Crippen molar-refractivity contribution >= 4 is 17.2 Å². The molecule has 5 heteroatoms. The molecule has 1 N–H and O–H groups in total. The Morgan fingerprint density at radius 3 is 2.64 bits per heavy atom. The van der Waals surface area contributed by atoms with E-state index in [9.17, 15) is 4.79 Å². The van der Waals surface area contributed by atoms with Crippen LogP contribution in [0.1, 0.15) is 49.8 Å². The van der Waals surface area contributed by atoms with Gasteiger partial charge in [0.1, 0.15) is 0 Å². The molecule has 4 rings (SSSR count). The lowest BCUT2D eigenvalue weighted by Crippen LogP contribution is -2.50. The molecule has 2 aliphatic rings. The topological polar surface area (TPSA) is 35.6 Å². The van der Waals surface area contributed by atoms with Crippen molar-refractivity contribution in [1.82, 2.24) is 15.1 Å². The van der Waals surface area contributed by atoms with Crippen LogP contribution in [0.4, 0.5) is 0 Å². The number of amides is 1. The summed E-state index contributed by atoms with van der Waals surface area (Å²) in [6, 6.07) is 13.5. The van der Waals surface area contributed by atoms with Gasteiger partial charge in [0.05, 0.1) is 6.04 Å². The molecule has 150 valence electrons. The van der Waals surface area contributed by atoms with Crippen LogP contribution in [0.2, 0.25) is 0 Å². The van der Waals surface area contributed by atoms with Gasteiger partial charge in [-0.25, -0.2) is 0 Å². The van der Waals surface area contributed by atoms with E-state index in [1.165, 1.54) is 17.5 Å². The number of carbonyl (C=O) groups is 1. The van der Waals surface area contributed by atoms with Gasteiger partial charge in [-0.3, -0.25) is 14.6 Å². The summed E-state index contributed by atoms with van der Waals surface area (Å²) >= 11 is 1.75. The van der Waals surface area contributed by atoms with Gasteiger partial charge >= 0.3 is 0 Å². The van der Waals surface area contributed by atoms with Crippen LogP contribution in [0, 0.1) is 0 Å². The molecule has 0 unspecified atom stereocenters. The SMILES string of the molecule is C[C@@H](C(=O)NC1CCN(Cc2ccccc2)CC1)N1CCC[C@H]1c1ccsc1. The Bertz CT molecular complexity index is 740. The van der Waals surface area contributed by atoms with Gasteiger partial charge in [-0.05, 0) is 67.1 Å². The highest BCUT2D eigenvalue weighted by Crippen LogP contribution is 2.34. The number of hydrogen-bond acceptors (Lipinski definition) is 4. The minimum absolute atomic E-state index is 0.0604. The Morgan fingerprint density at radius 2 is 1.93 bits per heavy atom. The number of thiophene rings is 1. The molecule has 2 atom stereocenters. The number of nitrogens with one attached hydrogen (secondary N) is 1. The maximum atomic E-state index is 12.9. The summed E-state index contributed by atoms with van der Waals surface area (Å²) in [5.41, 5.74) is 2.74. The molecular formula is C23H31N3OS. The van der Waals surface area contributed by atoms with Crippen molar-refractivity contribution in [3.05, 3.63) is 58.3 Å². The van der Waals surface area contributed by atoms with Gasteiger partial charge in [0, 0.05) is 31.7 Å². The van der Waals surface area contributed by atoms with E-state index in [1.54, 1.807) is 11.3 Å². The van der Waals surface area contributed by atoms with Crippen LogP contribution < -0.4 is 5.32 Å². The molecule has 4 nitrogen and oxygen atoms in total. The summed E-state index contributed by atoms with van der Waals surface area (Å²) in [5.74, 6) is 0.198. The molecule has 1 amide bonds. The van der Waals surface area contributed by atoms with E-state index in [0.29, 0.717) is 12.1 Å². The minimum atomic E-state index is -0.0604. The zero-order valence-electron chi connectivity index (χ0n) is 16.7. The summed E-state index contributed by atoms with van der Waals surface area (Å²) in [4.78, 5) is 17.8. The fourth-order valence-electron chi connectivity index (χ4n) is 4.62. The van der Waals surface area contributed by atoms with Gasteiger partial charge in [0.15, 0.2) is 0 Å². The van der Waals surface area contributed by atoms with Gasteiger partial charge < -0.3 is 5.32 Å². The van der Waals surface area contributed by atoms with E-state index in [4.69, 9.17) is 0 Å². The van der Waals surface area contributed by atoms with E-state index in [2.05, 4.69) is 69.2 Å². The second-order valence-corrected chi connectivity index (χ2v) is 8.95. The number of rotatable bonds is 6. The highest BCUT2D eigenvalue weighted by molar-refractivity contribution is 7.07. The maximum Gasteiger partial charge on any atom is 0.237 e. The van der Waals surface area contributed by atoms with E-state index in [1.807, 2.05) is 0 Å². The molecule has 3 heterocycles. The highest BCUT2D eigenvalue weighted by Gasteiger charge is 2.34. The van der Waals surface area contributed by atoms with Gasteiger partial charge in [-0.1, -0.05) is 30.3 Å². The molecule has 28 heavy (non-hydrogen) atoms. The molecule has 0 bridgehead atoms. The molecule has 2 aromatic rings. The molecule has 2 saturated heterocycles. The second kappa shape index (κ2) is 9.21. The largest absolute Gasteiger partial charge is 0.352 e. The molecule has 2 aliphatic heterocycles. The second-order valence-electron chi connectivity index (χ2n) is 8.17. The van der Waals surface area contributed by atoms with Crippen LogP contribution in [-0.2, 0) is 11.3 Å². The van der Waals surface area contributed by atoms with Crippen molar-refractivity contribution in [2.75, 3.05) is 19.6 Å². The third-order valence-electron chi connectivity index (χ3n) is 6.28. The average Bonchev–Trinajstić information content (AvgIpc) is 3.41. The number of likely N-dealkylation sites (tertiary alicyclic amines) is 2. The third kappa shape index (κ3) is 4.65. The molecular weight excluding hydrogens is 366 g/mol. The Balaban J connectivity index is 1.26. The zero-order valence-corrected chi connectivity index (χ0v) is 17.5. The monoisotopic (exact) mass is 397 g/mol. The number of carbonyl (C=O) groups excluding carboxylic acids is 1. The molecule has 0 radical (unpaired) electrons. The lowest BCUT2D eigenvalue weighted by molar-refractivity contribution is -0.127. The van der Waals surface area contributed by atoms with Crippen molar-refractivity contribution in [2.24, 2.45) is 0 Å². The molecule has 0 spiro atoms. The lowest BCUT2D eigenvalue weighted by atomic mass is 10.0. The fourth-order valence-corrected chi connectivity index (χ4v) is 5.33. The summed E-state index contributed by atoms with van der Waals surface area (Å²) in [6.45, 7) is 6.20. The number of nitrogens with zero attached hydrogens (tertiary/aromatic N) is 2. The standard InChI is InChI=1S/C23H31N3OS/c1-18(26-12-5-8-22(26)20-11-15-28-17-20)23(27)24-21-9-13-25(14-10-21)16-19-6-3-2-4-7-19/h2-4,6-7,11,15,17-18,21-22H,5,8-10,12-14,16H2,1H3,(H,24,27)/t18-,22-/m0/s1. The Labute approximate surface area is 172 Å². The fraction of sp³-hybridized carbons (Fsp3) is 0.522. The zero-order chi connectivity index (χ0) is 19.3. The van der Waals surface area contributed by atoms with Crippen LogP contribution in [-0.4, -0.2) is 47.4 Å². The number of piperidine rings is 1. The van der Waals surface area contributed by atoms with Crippen molar-refractivity contribution in [2.45, 2.75) is 57.3 Å². The summed E-state index contributed by atoms with van der Waals surface area (Å²) in [6.07, 6.45) is 4.42. The van der Waals surface area contributed by atoms with Crippen LogP contribution in [0.25, 0.3) is 0 Å². The van der Waals surface area contributed by atoms with Crippen molar-refractivity contribution in [1.29, 1.82) is 0 Å². The van der Waals surface area contributed by atoms with Crippen molar-refractivity contribution in [3.8, 4) is 0 Å². The van der Waals surface area contributed by atoms with Crippen LogP contribution in [0.5, 0.6) is 0 Å². The lowest BCUT2D eigenvalue weighted by Gasteiger charge is -2.35. The first kappa shape index (κ1) is 19.6. The smallest absolute Gasteiger partial charge is 0.237 e. The summed E-state index contributed by atoms with van der Waals surface area (Å²) in [7, 11) is 0. The van der Waals surface area contributed by atoms with E-state index in [0.717, 1.165) is 45.4 Å². The molecule has 1 aromatic carbocycles. The molecule has 0 saturated carbocycles. The Morgan fingerprint density at radius 1 is 1.14 bits per heavy atom. The molecule has 2 fully saturated rings. The Kier molecular flexibility index (Phi) is 6.45. The van der Waals surface area contributed by atoms with Crippen molar-refractivity contribution < 1.29 is 4.79 Å². The van der Waals surface area contributed by atoms with Gasteiger partial charge in [-0.2, -0.15) is 11.3 Å². The predicted molar refractivity (Wildman–Crippen MR) is 115 cm³/mol. The van der Waals surface area contributed by atoms with Crippen LogP contribution in [0.15, 0.2) is 47.2 Å². The van der Waals surface area contributed by atoms with Crippen LogP contribution >= 0.6 is 11.3 Å². The van der Waals surface area contributed by atoms with E-state index >= 15 is 0 Å². The highest BCUT2D eigenvalue weighted by atomic mass is 32.1. The van der Waals surface area contributed by atoms with Gasteiger partial charge in [0.25, 0.3) is 0 Å². The minimum Gasteiger partial charge on any atom is -0.352 e. The van der Waals surface area contributed by atoms with Gasteiger partial charge in [0.2, 0.25) is 5.91 Å². The number of benzene rings is 1. The maximum absolute atomic E-state index is 12.9. The normalized spacial score (nSPS) is 23.0. The average molecular weight is 398 g/mol. The molecule has 1 aromatic heterocycles.